The lowest BCUT2D eigenvalue weighted by molar-refractivity contribution is -0.195. The highest BCUT2D eigenvalue weighted by atomic mass is 32.2. The van der Waals surface area contributed by atoms with Gasteiger partial charge >= 0.3 is 6.18 Å². The van der Waals surface area contributed by atoms with Gasteiger partial charge in [-0.05, 0) is 12.8 Å². The third kappa shape index (κ3) is 3.77. The number of aliphatic hydroxyl groups excluding tert-OH is 1. The number of alkyl halides is 3. The van der Waals surface area contributed by atoms with E-state index in [1.807, 2.05) is 0 Å². The van der Waals surface area contributed by atoms with Gasteiger partial charge in [-0.3, -0.25) is 0 Å². The number of hydrogen-bond donors (Lipinski definition) is 1. The molecule has 78 valence electrons. The molecule has 0 aliphatic heterocycles. The topological polar surface area (TPSA) is 20.2 Å². The zero-order valence-electron chi connectivity index (χ0n) is 7.18. The van der Waals surface area contributed by atoms with Crippen molar-refractivity contribution in [3.63, 3.8) is 0 Å². The highest BCUT2D eigenvalue weighted by molar-refractivity contribution is 7.99. The maximum absolute atomic E-state index is 11.9. The maximum atomic E-state index is 11.9. The van der Waals surface area contributed by atoms with Crippen molar-refractivity contribution in [2.45, 2.75) is 43.2 Å². The van der Waals surface area contributed by atoms with Gasteiger partial charge in [0.05, 0.1) is 0 Å². The van der Waals surface area contributed by atoms with Crippen molar-refractivity contribution in [3.05, 3.63) is 0 Å². The van der Waals surface area contributed by atoms with Crippen LogP contribution in [0.4, 0.5) is 13.2 Å². The van der Waals surface area contributed by atoms with E-state index in [4.69, 9.17) is 5.11 Å². The average molecular weight is 214 g/mol. The highest BCUT2D eigenvalue weighted by Crippen LogP contribution is 2.32. The molecule has 1 aliphatic rings. The van der Waals surface area contributed by atoms with Crippen LogP contribution >= 0.6 is 11.8 Å². The molecular formula is C8H13F3OS. The Kier molecular flexibility index (Phi) is 3.91. The minimum atomic E-state index is -4.45. The summed E-state index contributed by atoms with van der Waals surface area (Å²) in [6.07, 6.45) is -2.39. The Morgan fingerprint density at radius 3 is 2.31 bits per heavy atom. The third-order valence-electron chi connectivity index (χ3n) is 2.17. The van der Waals surface area contributed by atoms with E-state index in [1.165, 1.54) is 11.8 Å². The largest absolute Gasteiger partial charge is 0.415 e. The first kappa shape index (κ1) is 11.2. The molecular weight excluding hydrogens is 201 g/mol. The normalized spacial score (nSPS) is 22.2. The molecule has 1 unspecified atom stereocenters. The summed E-state index contributed by atoms with van der Waals surface area (Å²) in [4.78, 5) is 0. The number of thioether (sulfide) groups is 1. The molecule has 1 saturated carbocycles. The molecule has 0 bridgehead atoms. The molecule has 1 N–H and O–H groups in total. The van der Waals surface area contributed by atoms with Crippen LogP contribution in [0.1, 0.15) is 25.7 Å². The van der Waals surface area contributed by atoms with E-state index in [9.17, 15) is 13.2 Å². The lowest BCUT2D eigenvalue weighted by Gasteiger charge is -2.16. The molecule has 1 aliphatic carbocycles. The molecule has 1 nitrogen and oxygen atoms in total. The molecule has 0 aromatic rings. The van der Waals surface area contributed by atoms with Crippen molar-refractivity contribution in [2.75, 3.05) is 5.75 Å². The van der Waals surface area contributed by atoms with Gasteiger partial charge in [0.25, 0.3) is 0 Å². The van der Waals surface area contributed by atoms with Crippen molar-refractivity contribution < 1.29 is 18.3 Å². The quantitative estimate of drug-likeness (QED) is 0.779. The van der Waals surface area contributed by atoms with Crippen LogP contribution in [0.3, 0.4) is 0 Å². The third-order valence-corrected chi connectivity index (χ3v) is 3.62. The maximum Gasteiger partial charge on any atom is 0.415 e. The van der Waals surface area contributed by atoms with Gasteiger partial charge in [0, 0.05) is 11.0 Å². The summed E-state index contributed by atoms with van der Waals surface area (Å²) < 4.78 is 35.6. The molecule has 0 radical (unpaired) electrons. The van der Waals surface area contributed by atoms with Crippen LogP contribution in [0.5, 0.6) is 0 Å². The summed E-state index contributed by atoms with van der Waals surface area (Å²) in [6, 6.07) is 0. The SMILES string of the molecule is OC(CSC1CCCC1)C(F)(F)F. The van der Waals surface area contributed by atoms with E-state index < -0.39 is 12.3 Å². The summed E-state index contributed by atoms with van der Waals surface area (Å²) in [7, 11) is 0. The van der Waals surface area contributed by atoms with Gasteiger partial charge in [-0.15, -0.1) is 0 Å². The Morgan fingerprint density at radius 2 is 1.85 bits per heavy atom. The first-order chi connectivity index (χ1) is 6.00. The fourth-order valence-electron chi connectivity index (χ4n) is 1.38. The van der Waals surface area contributed by atoms with Gasteiger partial charge < -0.3 is 5.11 Å². The Hall–Kier alpha value is 0.100. The van der Waals surface area contributed by atoms with Crippen LogP contribution in [0.2, 0.25) is 0 Å². The first-order valence-corrected chi connectivity index (χ1v) is 5.41. The van der Waals surface area contributed by atoms with Gasteiger partial charge in [0.2, 0.25) is 0 Å². The van der Waals surface area contributed by atoms with Crippen LogP contribution in [0, 0.1) is 0 Å². The van der Waals surface area contributed by atoms with E-state index in [2.05, 4.69) is 0 Å². The summed E-state index contributed by atoms with van der Waals surface area (Å²) >= 11 is 1.25. The summed E-state index contributed by atoms with van der Waals surface area (Å²) in [6.45, 7) is 0. The lowest BCUT2D eigenvalue weighted by atomic mass is 10.4. The van der Waals surface area contributed by atoms with E-state index in [0.717, 1.165) is 25.7 Å². The lowest BCUT2D eigenvalue weighted by Crippen LogP contribution is -2.31. The zero-order chi connectivity index (χ0) is 9.90. The summed E-state index contributed by atoms with van der Waals surface area (Å²) in [5.74, 6) is -0.214. The molecule has 13 heavy (non-hydrogen) atoms. The van der Waals surface area contributed by atoms with E-state index >= 15 is 0 Å². The van der Waals surface area contributed by atoms with E-state index in [0.29, 0.717) is 5.25 Å². The van der Waals surface area contributed by atoms with Crippen molar-refractivity contribution in [1.29, 1.82) is 0 Å². The minimum absolute atomic E-state index is 0.214. The molecule has 1 rings (SSSR count). The van der Waals surface area contributed by atoms with Crippen molar-refractivity contribution in [1.82, 2.24) is 0 Å². The Labute approximate surface area is 79.7 Å². The molecule has 0 saturated heterocycles. The van der Waals surface area contributed by atoms with Crippen LogP contribution < -0.4 is 0 Å². The molecule has 0 aromatic heterocycles. The standard InChI is InChI=1S/C8H13F3OS/c9-8(10,11)7(12)5-13-6-3-1-2-4-6/h6-7,12H,1-5H2. The summed E-state index contributed by atoms with van der Waals surface area (Å²) in [5, 5.41) is 9.03. The first-order valence-electron chi connectivity index (χ1n) is 4.36. The van der Waals surface area contributed by atoms with Gasteiger partial charge in [-0.2, -0.15) is 24.9 Å². The van der Waals surface area contributed by atoms with E-state index in [-0.39, 0.29) is 5.75 Å². The second-order valence-electron chi connectivity index (χ2n) is 3.30. The minimum Gasteiger partial charge on any atom is -0.383 e. The average Bonchev–Trinajstić information content (AvgIpc) is 2.50. The van der Waals surface area contributed by atoms with Crippen LogP contribution in [0.15, 0.2) is 0 Å². The smallest absolute Gasteiger partial charge is 0.383 e. The molecule has 0 amide bonds. The van der Waals surface area contributed by atoms with Gasteiger partial charge in [-0.25, -0.2) is 0 Å². The predicted octanol–water partition coefficient (Wildman–Crippen LogP) is 2.59. The second kappa shape index (κ2) is 4.55. The fraction of sp³-hybridized carbons (Fsp3) is 1.00. The fourth-order valence-corrected chi connectivity index (χ4v) is 2.69. The number of halogens is 3. The molecule has 1 fully saturated rings. The summed E-state index contributed by atoms with van der Waals surface area (Å²) in [5.41, 5.74) is 0. The zero-order valence-corrected chi connectivity index (χ0v) is 8.00. The van der Waals surface area contributed by atoms with Crippen LogP contribution in [-0.4, -0.2) is 28.4 Å². The van der Waals surface area contributed by atoms with Gasteiger partial charge in [0.1, 0.15) is 0 Å². The van der Waals surface area contributed by atoms with Gasteiger partial charge in [-0.1, -0.05) is 12.8 Å². The molecule has 5 heteroatoms. The molecule has 0 heterocycles. The number of aliphatic hydroxyl groups is 1. The highest BCUT2D eigenvalue weighted by Gasteiger charge is 2.38. The molecule has 1 atom stereocenters. The van der Waals surface area contributed by atoms with Crippen LogP contribution in [-0.2, 0) is 0 Å². The predicted molar refractivity (Wildman–Crippen MR) is 46.8 cm³/mol. The van der Waals surface area contributed by atoms with Gasteiger partial charge in [0.15, 0.2) is 6.10 Å². The molecule has 0 aromatic carbocycles. The van der Waals surface area contributed by atoms with Crippen molar-refractivity contribution in [2.24, 2.45) is 0 Å². The van der Waals surface area contributed by atoms with Crippen molar-refractivity contribution >= 4 is 11.8 Å². The van der Waals surface area contributed by atoms with Crippen molar-refractivity contribution in [3.8, 4) is 0 Å². The number of rotatable bonds is 3. The number of hydrogen-bond acceptors (Lipinski definition) is 2. The Bertz CT molecular complexity index is 154. The Balaban J connectivity index is 2.17. The monoisotopic (exact) mass is 214 g/mol. The Morgan fingerprint density at radius 1 is 1.31 bits per heavy atom. The molecule has 0 spiro atoms. The second-order valence-corrected chi connectivity index (χ2v) is 4.63. The van der Waals surface area contributed by atoms with Crippen LogP contribution in [0.25, 0.3) is 0 Å². The van der Waals surface area contributed by atoms with E-state index in [1.54, 1.807) is 0 Å².